The summed E-state index contributed by atoms with van der Waals surface area (Å²) in [5.41, 5.74) is 3.07. The molecule has 0 unspecified atom stereocenters. The summed E-state index contributed by atoms with van der Waals surface area (Å²) < 4.78 is 0.958. The summed E-state index contributed by atoms with van der Waals surface area (Å²) in [4.78, 5) is 24.0. The second-order valence-electron chi connectivity index (χ2n) is 6.18. The molecule has 0 heterocycles. The lowest BCUT2D eigenvalue weighted by Crippen LogP contribution is -2.33. The van der Waals surface area contributed by atoms with Crippen LogP contribution < -0.4 is 10.6 Å². The molecule has 0 fully saturated rings. The van der Waals surface area contributed by atoms with Gasteiger partial charge in [0.15, 0.2) is 0 Å². The van der Waals surface area contributed by atoms with E-state index in [9.17, 15) is 9.59 Å². The summed E-state index contributed by atoms with van der Waals surface area (Å²) in [6.07, 6.45) is 0.192. The minimum absolute atomic E-state index is 0.109. The van der Waals surface area contributed by atoms with Crippen LogP contribution in [0.25, 0.3) is 0 Å². The Kier molecular flexibility index (Phi) is 6.76. The van der Waals surface area contributed by atoms with Crippen molar-refractivity contribution in [3.05, 3.63) is 69.7 Å². The molecule has 0 aliphatic carbocycles. The Bertz CT molecular complexity index is 744. The molecule has 25 heavy (non-hydrogen) atoms. The zero-order chi connectivity index (χ0) is 18.4. The number of amides is 2. The molecule has 2 aromatic carbocycles. The van der Waals surface area contributed by atoms with E-state index in [4.69, 9.17) is 0 Å². The molecule has 0 saturated heterocycles. The summed E-state index contributed by atoms with van der Waals surface area (Å²) in [6.45, 7) is 5.41. The van der Waals surface area contributed by atoms with E-state index in [0.717, 1.165) is 21.2 Å². The second kappa shape index (κ2) is 8.81. The molecule has 0 aliphatic heterocycles. The quantitative estimate of drug-likeness (QED) is 0.760. The van der Waals surface area contributed by atoms with Crippen molar-refractivity contribution in [2.24, 2.45) is 0 Å². The lowest BCUT2D eigenvalue weighted by atomic mass is 10.0. The highest BCUT2D eigenvalue weighted by molar-refractivity contribution is 9.10. The lowest BCUT2D eigenvalue weighted by Gasteiger charge is -2.21. The van der Waals surface area contributed by atoms with E-state index in [1.165, 1.54) is 6.92 Å². The van der Waals surface area contributed by atoms with Crippen molar-refractivity contribution in [3.8, 4) is 0 Å². The van der Waals surface area contributed by atoms with Crippen LogP contribution in [0.3, 0.4) is 0 Å². The lowest BCUT2D eigenvalue weighted by molar-refractivity contribution is -0.123. The molecule has 2 atom stereocenters. The molecule has 0 aromatic heterocycles. The van der Waals surface area contributed by atoms with Crippen molar-refractivity contribution in [3.63, 3.8) is 0 Å². The second-order valence-corrected chi connectivity index (χ2v) is 7.03. The number of hydrogen-bond donors (Lipinski definition) is 2. The van der Waals surface area contributed by atoms with Gasteiger partial charge in [-0.05, 0) is 31.0 Å². The smallest absolute Gasteiger partial charge is 0.222 e. The maximum Gasteiger partial charge on any atom is 0.222 e. The topological polar surface area (TPSA) is 58.2 Å². The van der Waals surface area contributed by atoms with Crippen LogP contribution in [-0.4, -0.2) is 11.8 Å². The van der Waals surface area contributed by atoms with Crippen molar-refractivity contribution in [1.29, 1.82) is 0 Å². The fourth-order valence-electron chi connectivity index (χ4n) is 2.69. The molecule has 0 radical (unpaired) electrons. The van der Waals surface area contributed by atoms with E-state index >= 15 is 0 Å². The maximum absolute atomic E-state index is 12.5. The van der Waals surface area contributed by atoms with Crippen molar-refractivity contribution in [2.75, 3.05) is 0 Å². The van der Waals surface area contributed by atoms with Gasteiger partial charge in [0, 0.05) is 11.4 Å². The molecule has 132 valence electrons. The van der Waals surface area contributed by atoms with Gasteiger partial charge < -0.3 is 10.6 Å². The number of carbonyl (C=O) groups excluding carboxylic acids is 2. The van der Waals surface area contributed by atoms with Crippen LogP contribution >= 0.6 is 15.9 Å². The molecule has 0 bridgehead atoms. The molecule has 0 aliphatic rings. The van der Waals surface area contributed by atoms with Gasteiger partial charge in [-0.2, -0.15) is 0 Å². The fourth-order valence-corrected chi connectivity index (χ4v) is 3.31. The van der Waals surface area contributed by atoms with Gasteiger partial charge in [0.25, 0.3) is 0 Å². The molecule has 2 N–H and O–H groups in total. The van der Waals surface area contributed by atoms with Crippen LogP contribution in [-0.2, 0) is 9.59 Å². The molecule has 5 heteroatoms. The van der Waals surface area contributed by atoms with Gasteiger partial charge in [-0.3, -0.25) is 9.59 Å². The first kappa shape index (κ1) is 19.2. The normalized spacial score (nSPS) is 13.0. The summed E-state index contributed by atoms with van der Waals surface area (Å²) in [7, 11) is 0. The molecule has 2 amide bonds. The van der Waals surface area contributed by atoms with Crippen LogP contribution in [0.1, 0.15) is 49.0 Å². The zero-order valence-electron chi connectivity index (χ0n) is 14.7. The number of hydrogen-bond acceptors (Lipinski definition) is 2. The van der Waals surface area contributed by atoms with Crippen molar-refractivity contribution in [2.45, 2.75) is 39.3 Å². The monoisotopic (exact) mass is 402 g/mol. The molecular formula is C20H23BrN2O2. The van der Waals surface area contributed by atoms with E-state index in [1.807, 2.05) is 62.4 Å². The summed E-state index contributed by atoms with van der Waals surface area (Å²) in [5.74, 6) is -0.264. The van der Waals surface area contributed by atoms with Gasteiger partial charge in [-0.15, -0.1) is 0 Å². The molecule has 2 rings (SSSR count). The first-order valence-electron chi connectivity index (χ1n) is 8.24. The van der Waals surface area contributed by atoms with Gasteiger partial charge in [-0.25, -0.2) is 0 Å². The third-order valence-corrected chi connectivity index (χ3v) is 4.72. The Labute approximate surface area is 157 Å². The number of carbonyl (C=O) groups is 2. The Morgan fingerprint density at radius 3 is 2.28 bits per heavy atom. The third kappa shape index (κ3) is 5.71. The van der Waals surface area contributed by atoms with E-state index in [-0.39, 0.29) is 30.3 Å². The predicted molar refractivity (Wildman–Crippen MR) is 103 cm³/mol. The van der Waals surface area contributed by atoms with Gasteiger partial charge >= 0.3 is 0 Å². The minimum Gasteiger partial charge on any atom is -0.349 e. The van der Waals surface area contributed by atoms with Gasteiger partial charge in [0.05, 0.1) is 18.5 Å². The van der Waals surface area contributed by atoms with E-state index < -0.39 is 0 Å². The van der Waals surface area contributed by atoms with Gasteiger partial charge in [-0.1, -0.05) is 64.0 Å². The summed E-state index contributed by atoms with van der Waals surface area (Å²) in [5, 5.41) is 5.86. The SMILES string of the molecule is CC(=O)N[C@@H](CC(=O)N[C@H](C)c1ccccc1Br)c1ccc(C)cc1. The van der Waals surface area contributed by atoms with Crippen molar-refractivity contribution in [1.82, 2.24) is 10.6 Å². The zero-order valence-corrected chi connectivity index (χ0v) is 16.3. The highest BCUT2D eigenvalue weighted by Gasteiger charge is 2.19. The van der Waals surface area contributed by atoms with Crippen LogP contribution in [0.15, 0.2) is 53.0 Å². The molecule has 2 aromatic rings. The number of rotatable bonds is 6. The van der Waals surface area contributed by atoms with E-state index in [1.54, 1.807) is 0 Å². The van der Waals surface area contributed by atoms with Crippen LogP contribution in [0.4, 0.5) is 0 Å². The summed E-state index contributed by atoms with van der Waals surface area (Å²) >= 11 is 3.51. The number of halogens is 1. The maximum atomic E-state index is 12.5. The standard InChI is InChI=1S/C20H23BrN2O2/c1-13-8-10-16(11-9-13)19(23-15(3)24)12-20(25)22-14(2)17-6-4-5-7-18(17)21/h4-11,14,19H,12H2,1-3H3,(H,22,25)(H,23,24)/t14-,19+/m1/s1. The highest BCUT2D eigenvalue weighted by Crippen LogP contribution is 2.23. The minimum atomic E-state index is -0.343. The largest absolute Gasteiger partial charge is 0.349 e. The first-order chi connectivity index (χ1) is 11.9. The molecular weight excluding hydrogens is 380 g/mol. The fraction of sp³-hybridized carbons (Fsp3) is 0.300. The Morgan fingerprint density at radius 2 is 1.68 bits per heavy atom. The van der Waals surface area contributed by atoms with Crippen molar-refractivity contribution >= 4 is 27.7 Å². The number of aryl methyl sites for hydroxylation is 1. The molecule has 0 saturated carbocycles. The average molecular weight is 403 g/mol. The van der Waals surface area contributed by atoms with E-state index in [2.05, 4.69) is 26.6 Å². The van der Waals surface area contributed by atoms with E-state index in [0.29, 0.717) is 0 Å². The Hall–Kier alpha value is -2.14. The Morgan fingerprint density at radius 1 is 1.04 bits per heavy atom. The van der Waals surface area contributed by atoms with Crippen molar-refractivity contribution < 1.29 is 9.59 Å². The summed E-state index contributed by atoms with van der Waals surface area (Å²) in [6, 6.07) is 15.2. The first-order valence-corrected chi connectivity index (χ1v) is 9.03. The number of nitrogens with one attached hydrogen (secondary N) is 2. The average Bonchev–Trinajstić information content (AvgIpc) is 2.54. The van der Waals surface area contributed by atoms with Gasteiger partial charge in [0.1, 0.15) is 0 Å². The molecule has 0 spiro atoms. The van der Waals surface area contributed by atoms with Crippen LogP contribution in [0, 0.1) is 6.92 Å². The predicted octanol–water partition coefficient (Wildman–Crippen LogP) is 4.20. The van der Waals surface area contributed by atoms with Gasteiger partial charge in [0.2, 0.25) is 11.8 Å². The van der Waals surface area contributed by atoms with Crippen LogP contribution in [0.5, 0.6) is 0 Å². The third-order valence-electron chi connectivity index (χ3n) is 4.00. The molecule has 4 nitrogen and oxygen atoms in total. The number of benzene rings is 2. The highest BCUT2D eigenvalue weighted by atomic mass is 79.9. The van der Waals surface area contributed by atoms with Crippen LogP contribution in [0.2, 0.25) is 0 Å². The Balaban J connectivity index is 2.07.